The molecule has 0 aliphatic rings. The third-order valence-corrected chi connectivity index (χ3v) is 9.16. The molecule has 0 aliphatic heterocycles. The topological polar surface area (TPSA) is 0 Å². The van der Waals surface area contributed by atoms with Crippen LogP contribution < -0.4 is 21.9 Å². The SMILES string of the molecule is Cc1cccc(C[S+](C)C)c1.Fc1c(F)c(F)c([B-](c2c(F)c(F)c(F)c(F)c2F)(c2c(F)c(F)c(F)c(F)c2F)c2c(F)c(F)c(F)c(F)c2F)c(F)c1F. The van der Waals surface area contributed by atoms with E-state index in [0.717, 1.165) is 0 Å². The third-order valence-electron chi connectivity index (χ3n) is 8.24. The van der Waals surface area contributed by atoms with Crippen molar-refractivity contribution in [2.24, 2.45) is 0 Å². The second kappa shape index (κ2) is 15.9. The molecule has 22 heteroatoms. The lowest BCUT2D eigenvalue weighted by atomic mass is 9.12. The van der Waals surface area contributed by atoms with Crippen molar-refractivity contribution in [3.8, 4) is 0 Å². The van der Waals surface area contributed by atoms with Gasteiger partial charge in [0.2, 0.25) is 0 Å². The lowest BCUT2D eigenvalue weighted by Crippen LogP contribution is -2.81. The summed E-state index contributed by atoms with van der Waals surface area (Å²) in [6.07, 6.45) is -2.66. The molecule has 56 heavy (non-hydrogen) atoms. The Labute approximate surface area is 303 Å². The van der Waals surface area contributed by atoms with Crippen LogP contribution in [-0.4, -0.2) is 18.7 Å². The Morgan fingerprint density at radius 3 is 0.768 bits per heavy atom. The molecule has 5 aromatic rings. The molecule has 300 valence electrons. The second-order valence-corrected chi connectivity index (χ2v) is 14.2. The highest BCUT2D eigenvalue weighted by Crippen LogP contribution is 2.30. The predicted octanol–water partition coefficient (Wildman–Crippen LogP) is 8.22. The maximum atomic E-state index is 15.4. The quantitative estimate of drug-likeness (QED) is 0.0532. The standard InChI is InChI=1S/C24BF20.C10H15S/c26-5-1(6(27)14(35)21(42)13(5)34)25(2-7(28)15(36)22(43)16(37)8(2)29,3-9(30)17(38)23(44)18(39)10(3)31)4-11(32)19(40)24(45)20(41)12(4)33;1-9-5-4-6-10(7-9)8-11(2)3/h;4-7H,8H2,1-3H3/q-1;+1. The number of hydrogen-bond acceptors (Lipinski definition) is 0. The van der Waals surface area contributed by atoms with E-state index in [2.05, 4.69) is 43.7 Å². The van der Waals surface area contributed by atoms with Crippen LogP contribution in [0.25, 0.3) is 0 Å². The third kappa shape index (κ3) is 6.82. The second-order valence-electron chi connectivity index (χ2n) is 11.9. The number of benzene rings is 5. The Kier molecular flexibility index (Phi) is 12.5. The van der Waals surface area contributed by atoms with Crippen LogP contribution in [0.15, 0.2) is 24.3 Å². The number of rotatable bonds is 6. The van der Waals surface area contributed by atoms with E-state index in [4.69, 9.17) is 0 Å². The van der Waals surface area contributed by atoms with Gasteiger partial charge in [-0.15, -0.1) is 21.9 Å². The summed E-state index contributed by atoms with van der Waals surface area (Å²) in [5, 5.41) is 0. The molecule has 0 nitrogen and oxygen atoms in total. The fourth-order valence-corrected chi connectivity index (χ4v) is 6.86. The molecule has 0 N–H and O–H groups in total. The first kappa shape index (κ1) is 43.8. The van der Waals surface area contributed by atoms with Gasteiger partial charge in [0.25, 0.3) is 0 Å². The van der Waals surface area contributed by atoms with Crippen molar-refractivity contribution < 1.29 is 87.8 Å². The van der Waals surface area contributed by atoms with Gasteiger partial charge in [0, 0.05) is 5.56 Å². The van der Waals surface area contributed by atoms with E-state index in [0.29, 0.717) is 10.9 Å². The van der Waals surface area contributed by atoms with Crippen LogP contribution in [0.5, 0.6) is 0 Å². The van der Waals surface area contributed by atoms with E-state index in [9.17, 15) is 52.7 Å². The molecular weight excluding hydrogens is 831 g/mol. The first-order valence-corrected chi connectivity index (χ1v) is 16.9. The Morgan fingerprint density at radius 1 is 0.357 bits per heavy atom. The van der Waals surface area contributed by atoms with Crippen LogP contribution in [0.4, 0.5) is 87.8 Å². The van der Waals surface area contributed by atoms with Crippen molar-refractivity contribution in [3.05, 3.63) is 152 Å². The van der Waals surface area contributed by atoms with Gasteiger partial charge in [-0.05, 0) is 17.8 Å². The summed E-state index contributed by atoms with van der Waals surface area (Å²) in [6, 6.07) is 8.76. The summed E-state index contributed by atoms with van der Waals surface area (Å²) < 4.78 is 294. The molecule has 0 saturated heterocycles. The van der Waals surface area contributed by atoms with Crippen LogP contribution in [-0.2, 0) is 16.6 Å². The van der Waals surface area contributed by atoms with E-state index in [-0.39, 0.29) is 0 Å². The molecule has 0 unspecified atom stereocenters. The van der Waals surface area contributed by atoms with Crippen molar-refractivity contribution >= 4 is 38.9 Å². The molecule has 0 heterocycles. The molecular formula is C34H15BF20S. The van der Waals surface area contributed by atoms with E-state index < -0.39 is 144 Å². The van der Waals surface area contributed by atoms with Crippen LogP contribution >= 0.6 is 0 Å². The average molecular weight is 846 g/mol. The monoisotopic (exact) mass is 846 g/mol. The normalized spacial score (nSPS) is 11.7. The summed E-state index contributed by atoms with van der Waals surface area (Å²) in [6.45, 7) is 2.15. The minimum Gasteiger partial charge on any atom is -0.207 e. The van der Waals surface area contributed by atoms with Crippen molar-refractivity contribution in [2.75, 3.05) is 12.5 Å². The van der Waals surface area contributed by atoms with E-state index in [1.807, 2.05) is 0 Å². The van der Waals surface area contributed by atoms with Crippen LogP contribution in [0.3, 0.4) is 0 Å². The zero-order chi connectivity index (χ0) is 42.6. The first-order chi connectivity index (χ1) is 25.9. The molecule has 5 rings (SSSR count). The molecule has 0 amide bonds. The fraction of sp³-hybridized carbons (Fsp3) is 0.118. The zero-order valence-electron chi connectivity index (χ0n) is 27.6. The predicted molar refractivity (Wildman–Crippen MR) is 163 cm³/mol. The molecule has 0 saturated carbocycles. The van der Waals surface area contributed by atoms with Gasteiger partial charge in [0.15, 0.2) is 69.8 Å². The van der Waals surface area contributed by atoms with E-state index in [1.165, 1.54) is 16.9 Å². The maximum Gasteiger partial charge on any atom is 0.200 e. The molecule has 0 aromatic heterocycles. The first-order valence-electron chi connectivity index (χ1n) is 14.7. The summed E-state index contributed by atoms with van der Waals surface area (Å²) >= 11 is 0. The van der Waals surface area contributed by atoms with Gasteiger partial charge < -0.3 is 0 Å². The number of hydrogen-bond donors (Lipinski definition) is 0. The molecule has 0 aliphatic carbocycles. The number of halogens is 20. The molecule has 0 atom stereocenters. The van der Waals surface area contributed by atoms with Gasteiger partial charge in [-0.1, -0.05) is 29.8 Å². The maximum absolute atomic E-state index is 15.4. The van der Waals surface area contributed by atoms with Crippen molar-refractivity contribution in [1.29, 1.82) is 0 Å². The van der Waals surface area contributed by atoms with Gasteiger partial charge >= 0.3 is 0 Å². The molecule has 0 spiro atoms. The van der Waals surface area contributed by atoms with E-state index in [1.54, 1.807) is 0 Å². The average Bonchev–Trinajstić information content (AvgIpc) is 3.14. The fourth-order valence-electron chi connectivity index (χ4n) is 6.01. The molecule has 0 radical (unpaired) electrons. The van der Waals surface area contributed by atoms with Gasteiger partial charge in [-0.2, -0.15) is 0 Å². The van der Waals surface area contributed by atoms with Crippen LogP contribution in [0, 0.1) is 123 Å². The Balaban J connectivity index is 0.000000544. The van der Waals surface area contributed by atoms with Crippen molar-refractivity contribution in [3.63, 3.8) is 0 Å². The van der Waals surface area contributed by atoms with Crippen molar-refractivity contribution in [1.82, 2.24) is 0 Å². The molecule has 0 bridgehead atoms. The summed E-state index contributed by atoms with van der Waals surface area (Å²) in [5.41, 5.74) is -11.5. The summed E-state index contributed by atoms with van der Waals surface area (Å²) in [5.74, 6) is -70.2. The smallest absolute Gasteiger partial charge is 0.200 e. The highest BCUT2D eigenvalue weighted by Gasteiger charge is 2.52. The van der Waals surface area contributed by atoms with Crippen LogP contribution in [0.1, 0.15) is 11.1 Å². The lowest BCUT2D eigenvalue weighted by molar-refractivity contribution is 0.378. The van der Waals surface area contributed by atoms with Crippen molar-refractivity contribution in [2.45, 2.75) is 12.7 Å². The van der Waals surface area contributed by atoms with Gasteiger partial charge in [-0.3, -0.25) is 0 Å². The van der Waals surface area contributed by atoms with Gasteiger partial charge in [0.05, 0.1) is 12.5 Å². The van der Waals surface area contributed by atoms with Gasteiger partial charge in [-0.25, -0.2) is 87.8 Å². The van der Waals surface area contributed by atoms with E-state index >= 15 is 35.1 Å². The highest BCUT2D eigenvalue weighted by molar-refractivity contribution is 7.94. The van der Waals surface area contributed by atoms with Gasteiger partial charge in [0.1, 0.15) is 58.4 Å². The minimum atomic E-state index is -7.22. The summed E-state index contributed by atoms with van der Waals surface area (Å²) in [4.78, 5) is 0. The Bertz CT molecular complexity index is 2010. The molecule has 5 aromatic carbocycles. The van der Waals surface area contributed by atoms with Crippen LogP contribution in [0.2, 0.25) is 0 Å². The number of aryl methyl sites for hydroxylation is 1. The summed E-state index contributed by atoms with van der Waals surface area (Å²) in [7, 11) is 0.525. The minimum absolute atomic E-state index is 0.525. The zero-order valence-corrected chi connectivity index (χ0v) is 28.4. The Hall–Kier alpha value is -4.89. The highest BCUT2D eigenvalue weighted by atomic mass is 32.2. The largest absolute Gasteiger partial charge is 0.207 e. The molecule has 0 fully saturated rings. The Morgan fingerprint density at radius 2 is 0.571 bits per heavy atom. The lowest BCUT2D eigenvalue weighted by Gasteiger charge is -2.44.